The average Bonchev–Trinajstić information content (AvgIpc) is 3.29. The number of phenols is 1. The van der Waals surface area contributed by atoms with E-state index in [4.69, 9.17) is 18.9 Å². The number of methoxy groups -OCH3 is 1. The van der Waals surface area contributed by atoms with Crippen LogP contribution >= 0.6 is 0 Å². The molecule has 1 amide bonds. The molecule has 5 atom stereocenters. The van der Waals surface area contributed by atoms with E-state index in [1.165, 1.54) is 5.57 Å². The number of rotatable bonds is 11. The summed E-state index contributed by atoms with van der Waals surface area (Å²) in [5.74, 6) is -0.667. The number of allylic oxidation sites excluding steroid dienone is 5. The Balaban J connectivity index is 1.33. The lowest BCUT2D eigenvalue weighted by Crippen LogP contribution is -2.72. The van der Waals surface area contributed by atoms with Gasteiger partial charge >= 0.3 is 0 Å². The minimum absolute atomic E-state index is 0.0119. The molecule has 9 nitrogen and oxygen atoms in total. The van der Waals surface area contributed by atoms with Gasteiger partial charge in [0.25, 0.3) is 0 Å². The Labute approximate surface area is 324 Å². The van der Waals surface area contributed by atoms with Crippen LogP contribution in [-0.2, 0) is 27.3 Å². The number of benzene rings is 2. The van der Waals surface area contributed by atoms with Gasteiger partial charge in [0.2, 0.25) is 5.91 Å². The largest absolute Gasteiger partial charge is 0.506 e. The van der Waals surface area contributed by atoms with Gasteiger partial charge in [0.1, 0.15) is 34.2 Å². The van der Waals surface area contributed by atoms with Crippen LogP contribution in [0.4, 0.5) is 0 Å². The van der Waals surface area contributed by atoms with E-state index in [9.17, 15) is 14.7 Å². The van der Waals surface area contributed by atoms with Crippen LogP contribution in [-0.4, -0.2) is 52.1 Å². The SMILES string of the molecule is COc1ccccc1CNC(=O)/C(C)=C\CC12OC(C)(C)C3CC(C=C4C(=O)c5c(O)c6c(c(CC=C(C)C)c5OC431)OC(C)(CCC=C(C)C)C=C6)C2=O. The van der Waals surface area contributed by atoms with Crippen molar-refractivity contribution < 1.29 is 38.4 Å². The molecule has 2 N–H and O–H groups in total. The Morgan fingerprint density at radius 1 is 1.00 bits per heavy atom. The third-order valence-electron chi connectivity index (χ3n) is 12.1. The third kappa shape index (κ3) is 6.06. The molecule has 5 unspecified atom stereocenters. The molecule has 1 saturated heterocycles. The maximum atomic E-state index is 15.0. The summed E-state index contributed by atoms with van der Waals surface area (Å²) in [6, 6.07) is 7.48. The molecule has 3 aliphatic carbocycles. The first-order valence-electron chi connectivity index (χ1n) is 19.3. The van der Waals surface area contributed by atoms with Crippen LogP contribution < -0.4 is 19.5 Å². The molecular formula is C46H53NO8. The maximum Gasteiger partial charge on any atom is 0.246 e. The van der Waals surface area contributed by atoms with Crippen LogP contribution in [0.25, 0.3) is 6.08 Å². The predicted octanol–water partition coefficient (Wildman–Crippen LogP) is 8.48. The second-order valence-corrected chi connectivity index (χ2v) is 17.0. The van der Waals surface area contributed by atoms with Crippen molar-refractivity contribution in [3.05, 3.63) is 99.2 Å². The van der Waals surface area contributed by atoms with Crippen LogP contribution in [0.15, 0.2) is 76.9 Å². The molecule has 55 heavy (non-hydrogen) atoms. The second kappa shape index (κ2) is 13.7. The normalized spacial score (nSPS) is 27.9. The molecule has 8 rings (SSSR count). The van der Waals surface area contributed by atoms with Gasteiger partial charge < -0.3 is 29.4 Å². The zero-order valence-corrected chi connectivity index (χ0v) is 33.5. The lowest BCUT2D eigenvalue weighted by molar-refractivity contribution is -0.171. The van der Waals surface area contributed by atoms with Gasteiger partial charge in [0.05, 0.1) is 18.3 Å². The van der Waals surface area contributed by atoms with Crippen molar-refractivity contribution in [3.63, 3.8) is 0 Å². The van der Waals surface area contributed by atoms with Crippen molar-refractivity contribution in [2.75, 3.05) is 7.11 Å². The summed E-state index contributed by atoms with van der Waals surface area (Å²) >= 11 is 0. The quantitative estimate of drug-likeness (QED) is 0.174. The maximum absolute atomic E-state index is 15.0. The molecule has 2 aromatic carbocycles. The van der Waals surface area contributed by atoms with Gasteiger partial charge in [-0.25, -0.2) is 0 Å². The van der Waals surface area contributed by atoms with Crippen LogP contribution in [0, 0.1) is 11.8 Å². The van der Waals surface area contributed by atoms with Crippen LogP contribution in [0.5, 0.6) is 23.0 Å². The number of Topliss-reactive ketones (excluding diaryl/α,β-unsaturated/α-hetero) is 2. The van der Waals surface area contributed by atoms with E-state index in [-0.39, 0.29) is 53.4 Å². The number of fused-ring (bicyclic) bond motifs is 2. The summed E-state index contributed by atoms with van der Waals surface area (Å²) in [6.07, 6.45) is 13.8. The molecule has 1 saturated carbocycles. The average molecular weight is 748 g/mol. The Kier molecular flexibility index (Phi) is 9.56. The number of carbonyl (C=O) groups excluding carboxylic acids is 3. The number of hydrogen-bond acceptors (Lipinski definition) is 8. The van der Waals surface area contributed by atoms with E-state index in [0.29, 0.717) is 53.0 Å². The standard InChI is InChI=1S/C46H53NO8/c1-26(2)13-12-20-44(8)21-19-31-37(48)36-38(49)33-23-30-24-35-43(6,7)55-45(41(30)50,46(33,35)54-40(36)32(39(31)53-44)17-16-27(3)4)22-18-28(5)42(51)47-25-29-14-10-11-15-34(29)52-9/h10-11,13-16,18-19,21,23,30,35,48H,12,17,20,22,24-25H2,1-9H3,(H,47,51)/b28-18-. The van der Waals surface area contributed by atoms with Gasteiger partial charge in [-0.1, -0.05) is 53.6 Å². The minimum atomic E-state index is -1.61. The van der Waals surface area contributed by atoms with E-state index < -0.39 is 28.3 Å². The van der Waals surface area contributed by atoms with Gasteiger partial charge in [-0.15, -0.1) is 0 Å². The molecule has 1 spiro atoms. The molecule has 2 aromatic rings. The van der Waals surface area contributed by atoms with Crippen molar-refractivity contribution in [1.29, 1.82) is 0 Å². The number of hydrogen-bond donors (Lipinski definition) is 2. The zero-order chi connectivity index (χ0) is 39.7. The highest BCUT2D eigenvalue weighted by atomic mass is 16.6. The van der Waals surface area contributed by atoms with Crippen molar-refractivity contribution in [1.82, 2.24) is 5.32 Å². The summed E-state index contributed by atoms with van der Waals surface area (Å²) in [6.45, 7) is 16.0. The number of para-hydroxylation sites is 1. The van der Waals surface area contributed by atoms with E-state index in [1.807, 2.05) is 71.0 Å². The number of nitrogens with one attached hydrogen (secondary N) is 1. The fourth-order valence-corrected chi connectivity index (χ4v) is 9.34. The first-order valence-corrected chi connectivity index (χ1v) is 19.3. The highest BCUT2D eigenvalue weighted by Gasteiger charge is 2.81. The topological polar surface area (TPSA) is 120 Å². The van der Waals surface area contributed by atoms with Crippen molar-refractivity contribution >= 4 is 23.5 Å². The summed E-state index contributed by atoms with van der Waals surface area (Å²) in [5, 5.41) is 14.9. The Bertz CT molecular complexity index is 2140. The van der Waals surface area contributed by atoms with Gasteiger partial charge in [0, 0.05) is 47.1 Å². The smallest absolute Gasteiger partial charge is 0.246 e. The van der Waals surface area contributed by atoms with Crippen molar-refractivity contribution in [2.24, 2.45) is 11.8 Å². The molecule has 0 radical (unpaired) electrons. The van der Waals surface area contributed by atoms with E-state index in [1.54, 1.807) is 26.2 Å². The molecule has 4 bridgehead atoms. The van der Waals surface area contributed by atoms with Gasteiger partial charge in [-0.2, -0.15) is 0 Å². The Hall–Kier alpha value is -4.89. The number of carbonyl (C=O) groups is 3. The number of ether oxygens (including phenoxy) is 4. The predicted molar refractivity (Wildman–Crippen MR) is 211 cm³/mol. The van der Waals surface area contributed by atoms with E-state index in [0.717, 1.165) is 17.6 Å². The molecule has 3 heterocycles. The third-order valence-corrected chi connectivity index (χ3v) is 12.1. The number of ketones is 2. The summed E-state index contributed by atoms with van der Waals surface area (Å²) in [5.41, 5.74) is 0.331. The second-order valence-electron chi connectivity index (χ2n) is 17.0. The molecule has 9 heteroatoms. The van der Waals surface area contributed by atoms with Crippen molar-refractivity contribution in [3.8, 4) is 23.0 Å². The lowest BCUT2D eigenvalue weighted by atomic mass is 9.51. The van der Waals surface area contributed by atoms with Crippen LogP contribution in [0.1, 0.15) is 108 Å². The highest BCUT2D eigenvalue weighted by Crippen LogP contribution is 2.68. The van der Waals surface area contributed by atoms with Gasteiger partial charge in [0.15, 0.2) is 22.8 Å². The first-order chi connectivity index (χ1) is 26.0. The van der Waals surface area contributed by atoms with Crippen LogP contribution in [0.2, 0.25) is 0 Å². The Morgan fingerprint density at radius 3 is 2.44 bits per heavy atom. The molecule has 290 valence electrons. The van der Waals surface area contributed by atoms with Gasteiger partial charge in [-0.3, -0.25) is 14.4 Å². The molecule has 3 aliphatic heterocycles. The fraction of sp³-hybridized carbons (Fsp3) is 0.457. The molecule has 2 fully saturated rings. The number of amides is 1. The Morgan fingerprint density at radius 2 is 1.73 bits per heavy atom. The fourth-order valence-electron chi connectivity index (χ4n) is 9.34. The number of phenolic OH excluding ortho intramolecular Hbond substituents is 1. The van der Waals surface area contributed by atoms with Crippen molar-refractivity contribution in [2.45, 2.75) is 116 Å². The first kappa shape index (κ1) is 38.4. The minimum Gasteiger partial charge on any atom is -0.506 e. The highest BCUT2D eigenvalue weighted by molar-refractivity contribution is 6.19. The summed E-state index contributed by atoms with van der Waals surface area (Å²) < 4.78 is 26.5. The summed E-state index contributed by atoms with van der Waals surface area (Å²) in [4.78, 5) is 43.2. The molecule has 6 aliphatic rings. The number of aromatic hydroxyl groups is 1. The molecule has 0 aromatic heterocycles. The molecular weight excluding hydrogens is 695 g/mol. The van der Waals surface area contributed by atoms with Gasteiger partial charge in [-0.05, 0) is 99.3 Å². The lowest BCUT2D eigenvalue weighted by Gasteiger charge is -2.56. The van der Waals surface area contributed by atoms with E-state index >= 15 is 4.79 Å². The van der Waals surface area contributed by atoms with E-state index in [2.05, 4.69) is 31.3 Å². The van der Waals surface area contributed by atoms with Crippen LogP contribution in [0.3, 0.4) is 0 Å². The zero-order valence-electron chi connectivity index (χ0n) is 33.5. The summed E-state index contributed by atoms with van der Waals surface area (Å²) in [7, 11) is 1.59. The monoisotopic (exact) mass is 747 g/mol.